The normalized spacial score (nSPS) is 11.3. The number of anilines is 2. The summed E-state index contributed by atoms with van der Waals surface area (Å²) in [6.07, 6.45) is -4.51. The smallest absolute Gasteiger partial charge is 0.416 e. The van der Waals surface area contributed by atoms with Gasteiger partial charge in [-0.05, 0) is 66.4 Å². The van der Waals surface area contributed by atoms with Crippen molar-refractivity contribution in [1.82, 2.24) is 0 Å². The summed E-state index contributed by atoms with van der Waals surface area (Å²) in [5.41, 5.74) is 1.70. The average molecular weight is 470 g/mol. The Morgan fingerprint density at radius 3 is 2.26 bits per heavy atom. The SMILES string of the molecule is Cc1ccc(C(C)C)c(OCC(=O)Nc2cccc(C(=O)Nc3cccc(C(F)(F)F)c3)c2)c1. The third-order valence-electron chi connectivity index (χ3n) is 5.01. The van der Waals surface area contributed by atoms with E-state index in [4.69, 9.17) is 4.74 Å². The Morgan fingerprint density at radius 2 is 1.59 bits per heavy atom. The summed E-state index contributed by atoms with van der Waals surface area (Å²) in [5.74, 6) is -0.148. The molecule has 0 aliphatic heterocycles. The van der Waals surface area contributed by atoms with E-state index in [1.807, 2.05) is 39.0 Å². The third kappa shape index (κ3) is 6.60. The molecule has 0 aromatic heterocycles. The third-order valence-corrected chi connectivity index (χ3v) is 5.01. The van der Waals surface area contributed by atoms with Gasteiger partial charge in [0.15, 0.2) is 6.61 Å². The second-order valence-electron chi connectivity index (χ2n) is 8.15. The topological polar surface area (TPSA) is 67.4 Å². The van der Waals surface area contributed by atoms with Crippen molar-refractivity contribution in [3.8, 4) is 5.75 Å². The van der Waals surface area contributed by atoms with E-state index in [-0.39, 0.29) is 23.8 Å². The molecule has 0 saturated heterocycles. The number of rotatable bonds is 7. The maximum Gasteiger partial charge on any atom is 0.416 e. The molecule has 3 aromatic carbocycles. The quantitative estimate of drug-likeness (QED) is 0.420. The first kappa shape index (κ1) is 24.8. The van der Waals surface area contributed by atoms with Crippen LogP contribution < -0.4 is 15.4 Å². The van der Waals surface area contributed by atoms with Gasteiger partial charge in [-0.1, -0.05) is 38.1 Å². The van der Waals surface area contributed by atoms with Gasteiger partial charge in [-0.15, -0.1) is 0 Å². The van der Waals surface area contributed by atoms with Crippen LogP contribution in [0.4, 0.5) is 24.5 Å². The number of hydrogen-bond donors (Lipinski definition) is 2. The van der Waals surface area contributed by atoms with Gasteiger partial charge < -0.3 is 15.4 Å². The minimum absolute atomic E-state index is 0.0155. The van der Waals surface area contributed by atoms with Gasteiger partial charge in [0.2, 0.25) is 0 Å². The molecule has 5 nitrogen and oxygen atoms in total. The van der Waals surface area contributed by atoms with Crippen molar-refractivity contribution in [3.63, 3.8) is 0 Å². The maximum atomic E-state index is 12.9. The number of ether oxygens (including phenoxy) is 1. The van der Waals surface area contributed by atoms with Gasteiger partial charge in [0.1, 0.15) is 5.75 Å². The van der Waals surface area contributed by atoms with Gasteiger partial charge in [0, 0.05) is 16.9 Å². The molecule has 0 unspecified atom stereocenters. The number of aryl methyl sites for hydroxylation is 1. The highest BCUT2D eigenvalue weighted by Crippen LogP contribution is 2.31. The lowest BCUT2D eigenvalue weighted by Gasteiger charge is -2.15. The monoisotopic (exact) mass is 470 g/mol. The number of alkyl halides is 3. The molecule has 0 fully saturated rings. The summed E-state index contributed by atoms with van der Waals surface area (Å²) in [4.78, 5) is 24.9. The molecular formula is C26H25F3N2O3. The molecule has 3 rings (SSSR count). The fraction of sp³-hybridized carbons (Fsp3) is 0.231. The van der Waals surface area contributed by atoms with Crippen molar-refractivity contribution in [1.29, 1.82) is 0 Å². The average Bonchev–Trinajstić information content (AvgIpc) is 2.77. The second-order valence-corrected chi connectivity index (χ2v) is 8.15. The van der Waals surface area contributed by atoms with Crippen molar-refractivity contribution >= 4 is 23.2 Å². The van der Waals surface area contributed by atoms with Gasteiger partial charge in [-0.25, -0.2) is 0 Å². The lowest BCUT2D eigenvalue weighted by molar-refractivity contribution is -0.137. The van der Waals surface area contributed by atoms with Crippen LogP contribution in [0.5, 0.6) is 5.75 Å². The van der Waals surface area contributed by atoms with Crippen molar-refractivity contribution in [2.24, 2.45) is 0 Å². The molecule has 0 aliphatic rings. The van der Waals surface area contributed by atoms with Crippen LogP contribution in [0.2, 0.25) is 0 Å². The molecule has 2 N–H and O–H groups in total. The van der Waals surface area contributed by atoms with Crippen LogP contribution in [0, 0.1) is 6.92 Å². The Labute approximate surface area is 195 Å². The number of halogens is 3. The first-order valence-corrected chi connectivity index (χ1v) is 10.6. The Bertz CT molecular complexity index is 1190. The number of benzene rings is 3. The fourth-order valence-electron chi connectivity index (χ4n) is 3.30. The first-order valence-electron chi connectivity index (χ1n) is 10.6. The van der Waals surface area contributed by atoms with E-state index in [1.54, 1.807) is 12.1 Å². The molecular weight excluding hydrogens is 445 g/mol. The molecule has 3 aromatic rings. The lowest BCUT2D eigenvalue weighted by Crippen LogP contribution is -2.21. The van der Waals surface area contributed by atoms with Crippen molar-refractivity contribution in [2.75, 3.05) is 17.2 Å². The highest BCUT2D eigenvalue weighted by atomic mass is 19.4. The lowest BCUT2D eigenvalue weighted by atomic mass is 10.0. The van der Waals surface area contributed by atoms with Gasteiger partial charge >= 0.3 is 6.18 Å². The summed E-state index contributed by atoms with van der Waals surface area (Å²) < 4.78 is 44.4. The number of nitrogens with one attached hydrogen (secondary N) is 2. The molecule has 34 heavy (non-hydrogen) atoms. The Kier molecular flexibility index (Phi) is 7.61. The van der Waals surface area contributed by atoms with Gasteiger partial charge in [0.05, 0.1) is 5.56 Å². The zero-order chi connectivity index (χ0) is 24.9. The van der Waals surface area contributed by atoms with E-state index >= 15 is 0 Å². The Hall–Kier alpha value is -3.81. The Morgan fingerprint density at radius 1 is 0.912 bits per heavy atom. The predicted octanol–water partition coefficient (Wildman–Crippen LogP) is 6.41. The number of amides is 2. The molecule has 0 saturated carbocycles. The van der Waals surface area contributed by atoms with Gasteiger partial charge in [-0.3, -0.25) is 9.59 Å². The van der Waals surface area contributed by atoms with E-state index < -0.39 is 23.6 Å². The van der Waals surface area contributed by atoms with Crippen molar-refractivity contribution in [3.05, 3.63) is 89.0 Å². The molecule has 0 atom stereocenters. The number of hydrogen-bond acceptors (Lipinski definition) is 3. The molecule has 0 aliphatic carbocycles. The molecule has 0 radical (unpaired) electrons. The fourth-order valence-corrected chi connectivity index (χ4v) is 3.30. The first-order chi connectivity index (χ1) is 16.0. The molecule has 2 amide bonds. The zero-order valence-electron chi connectivity index (χ0n) is 19.0. The van der Waals surface area contributed by atoms with Crippen molar-refractivity contribution < 1.29 is 27.5 Å². The molecule has 8 heteroatoms. The number of carbonyl (C=O) groups is 2. The summed E-state index contributed by atoms with van der Waals surface area (Å²) in [6, 6.07) is 16.3. The summed E-state index contributed by atoms with van der Waals surface area (Å²) in [5, 5.41) is 5.11. The highest BCUT2D eigenvalue weighted by molar-refractivity contribution is 6.05. The summed E-state index contributed by atoms with van der Waals surface area (Å²) in [6.45, 7) is 5.79. The number of carbonyl (C=O) groups excluding carboxylic acids is 2. The van der Waals surface area contributed by atoms with Crippen LogP contribution >= 0.6 is 0 Å². The highest BCUT2D eigenvalue weighted by Gasteiger charge is 2.30. The minimum atomic E-state index is -4.51. The van der Waals surface area contributed by atoms with Crippen LogP contribution in [0.3, 0.4) is 0 Å². The summed E-state index contributed by atoms with van der Waals surface area (Å²) in [7, 11) is 0. The van der Waals surface area contributed by atoms with E-state index in [0.29, 0.717) is 11.4 Å². The van der Waals surface area contributed by atoms with Gasteiger partial charge in [0.25, 0.3) is 11.8 Å². The minimum Gasteiger partial charge on any atom is -0.483 e. The second kappa shape index (κ2) is 10.4. The molecule has 178 valence electrons. The van der Waals surface area contributed by atoms with Crippen LogP contribution in [0.1, 0.15) is 46.8 Å². The van der Waals surface area contributed by atoms with E-state index in [1.165, 1.54) is 24.3 Å². The Balaban J connectivity index is 1.64. The van der Waals surface area contributed by atoms with Crippen molar-refractivity contribution in [2.45, 2.75) is 32.9 Å². The molecule has 0 bridgehead atoms. The molecule has 0 heterocycles. The predicted molar refractivity (Wildman–Crippen MR) is 125 cm³/mol. The van der Waals surface area contributed by atoms with Crippen LogP contribution in [0.25, 0.3) is 0 Å². The van der Waals surface area contributed by atoms with E-state index in [2.05, 4.69) is 10.6 Å². The van der Waals surface area contributed by atoms with Crippen LogP contribution in [0.15, 0.2) is 66.7 Å². The standard InChI is InChI=1S/C26H25F3N2O3/c1-16(2)22-11-10-17(3)12-23(22)34-15-24(32)30-20-8-4-6-18(13-20)25(33)31-21-9-5-7-19(14-21)26(27,28)29/h4-14,16H,15H2,1-3H3,(H,30,32)(H,31,33). The largest absolute Gasteiger partial charge is 0.483 e. The van der Waals surface area contributed by atoms with E-state index in [9.17, 15) is 22.8 Å². The maximum absolute atomic E-state index is 12.9. The van der Waals surface area contributed by atoms with Crippen LogP contribution in [-0.4, -0.2) is 18.4 Å². The molecule has 0 spiro atoms. The summed E-state index contributed by atoms with van der Waals surface area (Å²) >= 11 is 0. The van der Waals surface area contributed by atoms with Gasteiger partial charge in [-0.2, -0.15) is 13.2 Å². The zero-order valence-corrected chi connectivity index (χ0v) is 19.0. The van der Waals surface area contributed by atoms with Crippen LogP contribution in [-0.2, 0) is 11.0 Å². The van der Waals surface area contributed by atoms with E-state index in [0.717, 1.165) is 23.3 Å².